The summed E-state index contributed by atoms with van der Waals surface area (Å²) >= 11 is 1.62. The normalized spacial score (nSPS) is 11.5. The van der Waals surface area contributed by atoms with Crippen LogP contribution in [0.15, 0.2) is 24.0 Å². The van der Waals surface area contributed by atoms with E-state index >= 15 is 0 Å². The third kappa shape index (κ3) is 3.08. The van der Waals surface area contributed by atoms with Gasteiger partial charge in [0, 0.05) is 0 Å². The van der Waals surface area contributed by atoms with Gasteiger partial charge in [-0.05, 0) is 0 Å². The van der Waals surface area contributed by atoms with Gasteiger partial charge in [-0.25, -0.2) is 0 Å². The molecule has 1 N–H and O–H groups in total. The molecule has 0 atom stereocenters. The monoisotopic (exact) mass is 431 g/mol. The van der Waals surface area contributed by atoms with Crippen LogP contribution in [0.4, 0.5) is 0 Å². The van der Waals surface area contributed by atoms with Crippen molar-refractivity contribution in [1.29, 1.82) is 0 Å². The molecule has 6 heteroatoms. The van der Waals surface area contributed by atoms with E-state index in [0.29, 0.717) is 5.01 Å². The Bertz CT molecular complexity index is 484. The van der Waals surface area contributed by atoms with E-state index in [1.54, 1.807) is 12.3 Å². The molecule has 0 saturated heterocycles. The second-order valence-electron chi connectivity index (χ2n) is 2.95. The van der Waals surface area contributed by atoms with Crippen molar-refractivity contribution in [1.82, 2.24) is 15.0 Å². The quantitative estimate of drug-likeness (QED) is 0.719. The minimum atomic E-state index is 0.153. The molecule has 0 amide bonds. The zero-order valence-electron chi connectivity index (χ0n) is 8.08. The molecule has 2 heterocycles. The summed E-state index contributed by atoms with van der Waals surface area (Å²) in [6.45, 7) is 0. The van der Waals surface area contributed by atoms with Crippen LogP contribution in [-0.4, -0.2) is 20.1 Å². The van der Waals surface area contributed by atoms with Gasteiger partial charge in [-0.3, -0.25) is 0 Å². The number of aliphatic hydroxyl groups excluding tert-OH is 1. The summed E-state index contributed by atoms with van der Waals surface area (Å²) in [6.07, 6.45) is 4.80. The third-order valence-corrected chi connectivity index (χ3v) is 4.80. The summed E-state index contributed by atoms with van der Waals surface area (Å²) in [5.74, 6) is 0.153. The molecule has 15 heavy (non-hydrogen) atoms. The summed E-state index contributed by atoms with van der Waals surface area (Å²) in [4.78, 5) is 12.1. The van der Waals surface area contributed by atoms with Gasteiger partial charge < -0.3 is 0 Å². The van der Waals surface area contributed by atoms with Gasteiger partial charge in [0.15, 0.2) is 0 Å². The van der Waals surface area contributed by atoms with Gasteiger partial charge in [0.1, 0.15) is 0 Å². The fourth-order valence-electron chi connectivity index (χ4n) is 1.11. The Balaban J connectivity index is 2.31. The number of nitrogens with zero attached hydrogens (tertiary/aromatic N) is 3. The van der Waals surface area contributed by atoms with E-state index in [1.807, 2.05) is 11.4 Å². The van der Waals surface area contributed by atoms with Gasteiger partial charge in [0.25, 0.3) is 0 Å². The number of aromatic nitrogens is 3. The van der Waals surface area contributed by atoms with Gasteiger partial charge >= 0.3 is 121 Å². The van der Waals surface area contributed by atoms with Crippen molar-refractivity contribution in [3.05, 3.63) is 34.7 Å². The molecule has 2 aromatic heterocycles. The van der Waals surface area contributed by atoms with E-state index in [9.17, 15) is 5.11 Å². The van der Waals surface area contributed by atoms with Crippen LogP contribution in [0.3, 0.4) is 0 Å². The summed E-state index contributed by atoms with van der Waals surface area (Å²) in [5, 5.41) is 12.2. The van der Waals surface area contributed by atoms with Crippen molar-refractivity contribution >= 4 is 23.9 Å². The van der Waals surface area contributed by atoms with Crippen LogP contribution in [0, 0.1) is 42.8 Å². The summed E-state index contributed by atoms with van der Waals surface area (Å²) < 4.78 is 1.09. The van der Waals surface area contributed by atoms with Crippen LogP contribution in [0.5, 0.6) is 0 Å². The van der Waals surface area contributed by atoms with Crippen LogP contribution in [-0.2, 0) is 0 Å². The Morgan fingerprint density at radius 1 is 1.40 bits per heavy atom. The van der Waals surface area contributed by atoms with Gasteiger partial charge in [0.05, 0.1) is 0 Å². The predicted octanol–water partition coefficient (Wildman–Crippen LogP) is 0.896. The first-order chi connectivity index (χ1) is 7.25. The topological polar surface area (TPSA) is 58.9 Å². The molecule has 0 spiro atoms. The molecule has 0 radical (unpaired) electrons. The second-order valence-corrected chi connectivity index (χ2v) is 8.06. The van der Waals surface area contributed by atoms with Gasteiger partial charge in [-0.15, -0.1) is 0 Å². The molecule has 0 aliphatic carbocycles. The predicted molar refractivity (Wildman–Crippen MR) is 55.7 cm³/mol. The fraction of sp³-hybridized carbons (Fsp3) is 0. The van der Waals surface area contributed by atoms with Crippen molar-refractivity contribution in [3.63, 3.8) is 0 Å². The standard InChI is InChI=1S/C9H6N3OS.Ra.H/c13-8(9-11-3-4-14-9)5-7-1-2-10-6-12-7;;/h1,3-6,13H;;/b8-5-;;. The van der Waals surface area contributed by atoms with Crippen LogP contribution in [0.25, 0.3) is 11.8 Å². The number of aliphatic hydroxyl groups is 1. The van der Waals surface area contributed by atoms with Crippen LogP contribution in [0.1, 0.15) is 10.7 Å². The Labute approximate surface area is 120 Å². The number of thiazole rings is 1. The Morgan fingerprint density at radius 3 is 2.93 bits per heavy atom. The SMILES string of the molecule is O/C(=C\c1c[c]([RaH])ncn1)c1nccs1. The minimum absolute atomic E-state index is 0.153. The van der Waals surface area contributed by atoms with Gasteiger partial charge in [0.2, 0.25) is 0 Å². The average molecular weight is 431 g/mol. The molecule has 72 valence electrons. The molecule has 0 aliphatic heterocycles. The van der Waals surface area contributed by atoms with Gasteiger partial charge in [-0.2, -0.15) is 0 Å². The second kappa shape index (κ2) is 5.17. The molecule has 2 aromatic rings. The van der Waals surface area contributed by atoms with Crippen molar-refractivity contribution in [2.24, 2.45) is 0 Å². The zero-order chi connectivity index (χ0) is 10.7. The Hall–Kier alpha value is -0.282. The Kier molecular flexibility index (Phi) is 3.86. The number of rotatable bonds is 2. The number of hydrogen-bond acceptors (Lipinski definition) is 5. The van der Waals surface area contributed by atoms with E-state index in [0.717, 1.165) is 6.43 Å². The van der Waals surface area contributed by atoms with Gasteiger partial charge in [-0.1, -0.05) is 0 Å². The summed E-state index contributed by atoms with van der Waals surface area (Å²) in [7, 11) is 0. The summed E-state index contributed by atoms with van der Waals surface area (Å²) in [6, 6.07) is 1.90. The molecule has 0 fully saturated rings. The maximum atomic E-state index is 9.72. The van der Waals surface area contributed by atoms with E-state index in [4.69, 9.17) is 0 Å². The average Bonchev–Trinajstić information content (AvgIpc) is 2.70. The molecule has 0 saturated carbocycles. The Morgan fingerprint density at radius 2 is 2.27 bits per heavy atom. The van der Waals surface area contributed by atoms with Crippen LogP contribution in [0.2, 0.25) is 0 Å². The van der Waals surface area contributed by atoms with Crippen molar-refractivity contribution in [2.75, 3.05) is 0 Å². The summed E-state index contributed by atoms with van der Waals surface area (Å²) in [5.41, 5.74) is 0.734. The van der Waals surface area contributed by atoms with Crippen LogP contribution < -0.4 is 0.735 Å². The molecule has 0 aliphatic rings. The van der Waals surface area contributed by atoms with E-state index in [2.05, 4.69) is 15.0 Å². The molecule has 2 rings (SSSR count). The first-order valence-electron chi connectivity index (χ1n) is 4.35. The zero-order valence-corrected chi connectivity index (χ0v) is 17.1. The first-order valence-corrected chi connectivity index (χ1v) is 9.34. The molecular formula is C9H7N3ORaS. The van der Waals surface area contributed by atoms with E-state index < -0.39 is 0 Å². The first kappa shape index (κ1) is 11.2. The molecule has 4 nitrogen and oxygen atoms in total. The molecule has 0 unspecified atom stereocenters. The van der Waals surface area contributed by atoms with Crippen molar-refractivity contribution in [2.45, 2.75) is 0 Å². The third-order valence-electron chi connectivity index (χ3n) is 1.76. The van der Waals surface area contributed by atoms with Crippen molar-refractivity contribution in [3.8, 4) is 0 Å². The van der Waals surface area contributed by atoms with E-state index in [-0.39, 0.29) is 48.6 Å². The van der Waals surface area contributed by atoms with Crippen LogP contribution >= 0.6 is 11.3 Å². The van der Waals surface area contributed by atoms with Crippen molar-refractivity contribution < 1.29 is 47.9 Å². The number of hydrogen-bond donors (Lipinski definition) is 1. The molecule has 0 aromatic carbocycles. The fourth-order valence-corrected chi connectivity index (χ4v) is 3.35. The molecule has 0 bridgehead atoms. The maximum absolute atomic E-state index is 9.72. The van der Waals surface area contributed by atoms with E-state index in [1.165, 1.54) is 17.7 Å². The molecular weight excluding hydrogens is 424 g/mol.